The summed E-state index contributed by atoms with van der Waals surface area (Å²) in [7, 11) is 0. The second-order valence-electron chi connectivity index (χ2n) is 6.74. The Balaban J connectivity index is 1.24. The van der Waals surface area contributed by atoms with Gasteiger partial charge in [-0.05, 0) is 55.3 Å². The molecule has 6 nitrogen and oxygen atoms in total. The van der Waals surface area contributed by atoms with E-state index < -0.39 is 0 Å². The molecule has 0 unspecified atom stereocenters. The van der Waals surface area contributed by atoms with Crippen LogP contribution < -0.4 is 5.32 Å². The Morgan fingerprint density at radius 1 is 1.11 bits per heavy atom. The van der Waals surface area contributed by atoms with E-state index in [1.54, 1.807) is 17.4 Å². The highest BCUT2D eigenvalue weighted by Gasteiger charge is 2.27. The number of aromatic amines is 1. The normalized spacial score (nSPS) is 14.0. The molecule has 1 fully saturated rings. The highest BCUT2D eigenvalue weighted by atomic mass is 32.1. The van der Waals surface area contributed by atoms with Crippen LogP contribution in [0.25, 0.3) is 27.7 Å². The largest absolute Gasteiger partial charge is 0.323 e. The van der Waals surface area contributed by atoms with Gasteiger partial charge in [0.15, 0.2) is 5.82 Å². The summed E-state index contributed by atoms with van der Waals surface area (Å²) >= 11 is 1.56. The van der Waals surface area contributed by atoms with Crippen molar-refractivity contribution in [1.29, 1.82) is 0 Å². The molecule has 5 rings (SSSR count). The second-order valence-corrected chi connectivity index (χ2v) is 7.80. The lowest BCUT2D eigenvalue weighted by Crippen LogP contribution is -2.07. The van der Waals surface area contributed by atoms with Crippen LogP contribution in [0.1, 0.15) is 29.6 Å². The molecule has 2 aromatic heterocycles. The predicted molar refractivity (Wildman–Crippen MR) is 111 cm³/mol. The number of hydrogen-bond acceptors (Lipinski definition) is 5. The Bertz CT molecular complexity index is 1140. The highest BCUT2D eigenvalue weighted by Crippen LogP contribution is 2.38. The van der Waals surface area contributed by atoms with Crippen molar-refractivity contribution in [3.8, 4) is 11.4 Å². The summed E-state index contributed by atoms with van der Waals surface area (Å²) < 4.78 is 1.11. The van der Waals surface area contributed by atoms with E-state index in [4.69, 9.17) is 0 Å². The number of hydrogen-bond donors (Lipinski definition) is 2. The highest BCUT2D eigenvalue weighted by molar-refractivity contribution is 7.19. The fourth-order valence-corrected chi connectivity index (χ4v) is 3.81. The summed E-state index contributed by atoms with van der Waals surface area (Å²) in [6.07, 6.45) is 5.61. The van der Waals surface area contributed by atoms with Crippen LogP contribution in [0.3, 0.4) is 0 Å². The molecule has 1 aliphatic rings. The van der Waals surface area contributed by atoms with Gasteiger partial charge >= 0.3 is 0 Å². The molecule has 2 heterocycles. The zero-order valence-electron chi connectivity index (χ0n) is 14.9. The number of nitrogens with zero attached hydrogens (tertiary/aromatic N) is 3. The van der Waals surface area contributed by atoms with Crippen molar-refractivity contribution >= 4 is 39.2 Å². The summed E-state index contributed by atoms with van der Waals surface area (Å²) in [5, 5.41) is 11.0. The average molecular weight is 387 g/mol. The molecule has 0 atom stereocenters. The van der Waals surface area contributed by atoms with Crippen LogP contribution in [0.5, 0.6) is 0 Å². The van der Waals surface area contributed by atoms with Gasteiger partial charge in [0.05, 0.1) is 10.2 Å². The average Bonchev–Trinajstić information content (AvgIpc) is 3.29. The third-order valence-electron chi connectivity index (χ3n) is 4.57. The van der Waals surface area contributed by atoms with Gasteiger partial charge in [-0.3, -0.25) is 9.89 Å². The molecule has 1 aliphatic carbocycles. The SMILES string of the molecule is O=C(/C=C/c1nc2ccccc2s1)Nc1ccc(-c2n[nH]c(C3CC3)n2)cc1. The first-order chi connectivity index (χ1) is 13.7. The van der Waals surface area contributed by atoms with Crippen LogP contribution in [0.15, 0.2) is 54.6 Å². The summed E-state index contributed by atoms with van der Waals surface area (Å²) in [4.78, 5) is 21.2. The lowest BCUT2D eigenvalue weighted by molar-refractivity contribution is -0.111. The van der Waals surface area contributed by atoms with Crippen molar-refractivity contribution in [1.82, 2.24) is 20.2 Å². The second kappa shape index (κ2) is 7.01. The molecular weight excluding hydrogens is 370 g/mol. The van der Waals surface area contributed by atoms with Crippen molar-refractivity contribution < 1.29 is 4.79 Å². The Morgan fingerprint density at radius 3 is 2.71 bits per heavy atom. The smallest absolute Gasteiger partial charge is 0.248 e. The summed E-state index contributed by atoms with van der Waals surface area (Å²) in [6.45, 7) is 0. The number of fused-ring (bicyclic) bond motifs is 1. The molecule has 0 bridgehead atoms. The molecule has 0 aliphatic heterocycles. The summed E-state index contributed by atoms with van der Waals surface area (Å²) in [6, 6.07) is 15.4. The Kier molecular flexibility index (Phi) is 4.21. The number of H-pyrrole nitrogens is 1. The Morgan fingerprint density at radius 2 is 1.93 bits per heavy atom. The van der Waals surface area contributed by atoms with Gasteiger partial charge in [0.1, 0.15) is 10.8 Å². The number of anilines is 1. The summed E-state index contributed by atoms with van der Waals surface area (Å²) in [5.74, 6) is 2.01. The minimum absolute atomic E-state index is 0.194. The molecule has 1 saturated carbocycles. The van der Waals surface area contributed by atoms with E-state index in [1.165, 1.54) is 18.9 Å². The van der Waals surface area contributed by atoms with Gasteiger partial charge in [0.25, 0.3) is 0 Å². The van der Waals surface area contributed by atoms with Crippen molar-refractivity contribution in [3.05, 3.63) is 65.4 Å². The van der Waals surface area contributed by atoms with Gasteiger partial charge in [0.2, 0.25) is 5.91 Å². The number of thiazole rings is 1. The zero-order valence-corrected chi connectivity index (χ0v) is 15.7. The quantitative estimate of drug-likeness (QED) is 0.490. The molecule has 28 heavy (non-hydrogen) atoms. The number of carbonyl (C=O) groups is 1. The molecule has 0 spiro atoms. The lowest BCUT2D eigenvalue weighted by atomic mass is 10.2. The number of rotatable bonds is 5. The number of para-hydroxylation sites is 1. The number of benzene rings is 2. The fourth-order valence-electron chi connectivity index (χ4n) is 2.94. The fraction of sp³-hybridized carbons (Fsp3) is 0.143. The van der Waals surface area contributed by atoms with Gasteiger partial charge in [0, 0.05) is 23.2 Å². The van der Waals surface area contributed by atoms with Crippen molar-refractivity contribution in [2.24, 2.45) is 0 Å². The molecule has 138 valence electrons. The minimum atomic E-state index is -0.194. The third-order valence-corrected chi connectivity index (χ3v) is 5.57. The van der Waals surface area contributed by atoms with Crippen molar-refractivity contribution in [3.63, 3.8) is 0 Å². The molecule has 0 saturated heterocycles. The van der Waals surface area contributed by atoms with Gasteiger partial charge in [-0.15, -0.1) is 11.3 Å². The Hall–Kier alpha value is -3.32. The molecule has 1 amide bonds. The third kappa shape index (κ3) is 3.57. The number of aromatic nitrogens is 4. The molecule has 7 heteroatoms. The predicted octanol–water partition coefficient (Wildman–Crippen LogP) is 4.61. The van der Waals surface area contributed by atoms with E-state index in [0.29, 0.717) is 11.7 Å². The van der Waals surface area contributed by atoms with Gasteiger partial charge in [-0.1, -0.05) is 12.1 Å². The standard InChI is InChI=1S/C21H17N5OS/c27-18(11-12-19-23-16-3-1-2-4-17(16)28-19)22-15-9-7-14(8-10-15)21-24-20(25-26-21)13-5-6-13/h1-4,7-13H,5-6H2,(H,22,27)(H,24,25,26)/b12-11+. The molecule has 2 N–H and O–H groups in total. The van der Waals surface area contributed by atoms with E-state index in [-0.39, 0.29) is 5.91 Å². The summed E-state index contributed by atoms with van der Waals surface area (Å²) in [5.41, 5.74) is 2.59. The van der Waals surface area contributed by atoms with E-state index in [9.17, 15) is 4.79 Å². The minimum Gasteiger partial charge on any atom is -0.323 e. The molecular formula is C21H17N5OS. The maximum absolute atomic E-state index is 12.2. The first-order valence-electron chi connectivity index (χ1n) is 9.12. The van der Waals surface area contributed by atoms with E-state index in [0.717, 1.165) is 32.3 Å². The van der Waals surface area contributed by atoms with Crippen LogP contribution >= 0.6 is 11.3 Å². The van der Waals surface area contributed by atoms with Gasteiger partial charge in [-0.25, -0.2) is 9.97 Å². The molecule has 2 aromatic carbocycles. The van der Waals surface area contributed by atoms with Crippen LogP contribution in [0, 0.1) is 0 Å². The maximum Gasteiger partial charge on any atom is 0.248 e. The van der Waals surface area contributed by atoms with E-state index >= 15 is 0 Å². The molecule has 4 aromatic rings. The van der Waals surface area contributed by atoms with Gasteiger partial charge in [-0.2, -0.15) is 5.10 Å². The van der Waals surface area contributed by atoms with Gasteiger partial charge < -0.3 is 5.32 Å². The number of amides is 1. The maximum atomic E-state index is 12.2. The number of nitrogens with one attached hydrogen (secondary N) is 2. The van der Waals surface area contributed by atoms with Crippen LogP contribution in [-0.4, -0.2) is 26.1 Å². The van der Waals surface area contributed by atoms with Crippen molar-refractivity contribution in [2.75, 3.05) is 5.32 Å². The van der Waals surface area contributed by atoms with Crippen LogP contribution in [0.4, 0.5) is 5.69 Å². The topological polar surface area (TPSA) is 83.6 Å². The monoisotopic (exact) mass is 387 g/mol. The van der Waals surface area contributed by atoms with E-state index in [2.05, 4.69) is 25.5 Å². The number of carbonyl (C=O) groups excluding carboxylic acids is 1. The zero-order chi connectivity index (χ0) is 18.9. The Labute approximate surface area is 165 Å². The van der Waals surface area contributed by atoms with E-state index in [1.807, 2.05) is 48.5 Å². The van der Waals surface area contributed by atoms with Crippen LogP contribution in [0.2, 0.25) is 0 Å². The molecule has 0 radical (unpaired) electrons. The first kappa shape index (κ1) is 16.8. The lowest BCUT2D eigenvalue weighted by Gasteiger charge is -2.02. The first-order valence-corrected chi connectivity index (χ1v) is 9.94. The van der Waals surface area contributed by atoms with Crippen molar-refractivity contribution in [2.45, 2.75) is 18.8 Å². The van der Waals surface area contributed by atoms with Crippen LogP contribution in [-0.2, 0) is 4.79 Å².